The van der Waals surface area contributed by atoms with Gasteiger partial charge < -0.3 is 10.0 Å². The number of rotatable bonds is 8. The lowest BCUT2D eigenvalue weighted by molar-refractivity contribution is -0.147. The van der Waals surface area contributed by atoms with E-state index in [0.717, 1.165) is 36.8 Å². The van der Waals surface area contributed by atoms with Crippen molar-refractivity contribution < 1.29 is 9.90 Å². The van der Waals surface area contributed by atoms with Crippen LogP contribution in [0.5, 0.6) is 0 Å². The molecule has 0 aliphatic heterocycles. The average Bonchev–Trinajstić information content (AvgIpc) is 2.70. The molecule has 0 bridgehead atoms. The Kier molecular flexibility index (Phi) is 6.50. The molecule has 0 amide bonds. The molecule has 0 aliphatic carbocycles. The Morgan fingerprint density at radius 2 is 2.16 bits per heavy atom. The molecular weight excluding hydrogens is 326 g/mol. The lowest BCUT2D eigenvalue weighted by atomic mass is 9.87. The SMILES string of the molecule is CN(CCCCC(C)(C)C(=O)O)Cc1cc(Br)cs1. The predicted molar refractivity (Wildman–Crippen MR) is 83.6 cm³/mol. The maximum Gasteiger partial charge on any atom is 0.309 e. The molecule has 0 saturated heterocycles. The Labute approximate surface area is 127 Å². The summed E-state index contributed by atoms with van der Waals surface area (Å²) in [6.45, 7) is 5.55. The second kappa shape index (κ2) is 7.41. The summed E-state index contributed by atoms with van der Waals surface area (Å²) in [7, 11) is 2.11. The topological polar surface area (TPSA) is 40.5 Å². The van der Waals surface area contributed by atoms with Crippen LogP contribution in [-0.4, -0.2) is 29.6 Å². The smallest absolute Gasteiger partial charge is 0.309 e. The normalized spacial score (nSPS) is 12.1. The molecule has 3 nitrogen and oxygen atoms in total. The molecule has 0 spiro atoms. The van der Waals surface area contributed by atoms with E-state index in [1.807, 2.05) is 0 Å². The van der Waals surface area contributed by atoms with Crippen LogP contribution >= 0.6 is 27.3 Å². The second-order valence-corrected chi connectivity index (χ2v) is 7.53. The van der Waals surface area contributed by atoms with Gasteiger partial charge in [0.05, 0.1) is 5.41 Å². The average molecular weight is 348 g/mol. The number of thiophene rings is 1. The molecule has 0 unspecified atom stereocenters. The van der Waals surface area contributed by atoms with Crippen molar-refractivity contribution in [3.63, 3.8) is 0 Å². The Morgan fingerprint density at radius 1 is 1.47 bits per heavy atom. The van der Waals surface area contributed by atoms with Crippen molar-refractivity contribution in [3.8, 4) is 0 Å². The van der Waals surface area contributed by atoms with Crippen LogP contribution in [0.25, 0.3) is 0 Å². The van der Waals surface area contributed by atoms with Crippen molar-refractivity contribution in [1.29, 1.82) is 0 Å². The minimum Gasteiger partial charge on any atom is -0.481 e. The molecule has 1 N–H and O–H groups in total. The molecular formula is C14H22BrNO2S. The summed E-state index contributed by atoms with van der Waals surface area (Å²) >= 11 is 5.22. The van der Waals surface area contributed by atoms with E-state index in [-0.39, 0.29) is 0 Å². The number of hydrogen-bond acceptors (Lipinski definition) is 3. The summed E-state index contributed by atoms with van der Waals surface area (Å²) in [4.78, 5) is 14.6. The molecule has 0 fully saturated rings. The molecule has 5 heteroatoms. The molecule has 0 saturated carbocycles. The van der Waals surface area contributed by atoms with Crippen LogP contribution in [0, 0.1) is 5.41 Å². The van der Waals surface area contributed by atoms with Gasteiger partial charge in [-0.1, -0.05) is 6.42 Å². The molecule has 0 atom stereocenters. The molecule has 1 heterocycles. The van der Waals surface area contributed by atoms with Crippen molar-refractivity contribution in [2.45, 2.75) is 39.7 Å². The molecule has 1 aromatic rings. The molecule has 1 aromatic heterocycles. The van der Waals surface area contributed by atoms with Gasteiger partial charge in [0.2, 0.25) is 0 Å². The van der Waals surface area contributed by atoms with Crippen LogP contribution in [-0.2, 0) is 11.3 Å². The molecule has 19 heavy (non-hydrogen) atoms. The fourth-order valence-corrected chi connectivity index (χ4v) is 3.37. The van der Waals surface area contributed by atoms with Gasteiger partial charge in [0.1, 0.15) is 0 Å². The summed E-state index contributed by atoms with van der Waals surface area (Å²) in [6, 6.07) is 2.15. The number of carboxylic acids is 1. The van der Waals surface area contributed by atoms with Gasteiger partial charge in [-0.3, -0.25) is 4.79 Å². The lowest BCUT2D eigenvalue weighted by Gasteiger charge is -2.20. The van der Waals surface area contributed by atoms with Crippen molar-refractivity contribution in [3.05, 3.63) is 20.8 Å². The van der Waals surface area contributed by atoms with Crippen molar-refractivity contribution in [2.75, 3.05) is 13.6 Å². The predicted octanol–water partition coefficient (Wildman–Crippen LogP) is 4.22. The van der Waals surface area contributed by atoms with E-state index < -0.39 is 11.4 Å². The Morgan fingerprint density at radius 3 is 2.68 bits per heavy atom. The Bertz CT molecular complexity index is 417. The third kappa shape index (κ3) is 6.06. The largest absolute Gasteiger partial charge is 0.481 e. The van der Waals surface area contributed by atoms with Crippen LogP contribution < -0.4 is 0 Å². The third-order valence-corrected chi connectivity index (χ3v) is 4.90. The number of unbranched alkanes of at least 4 members (excludes halogenated alkanes) is 1. The van der Waals surface area contributed by atoms with E-state index in [2.05, 4.69) is 39.3 Å². The van der Waals surface area contributed by atoms with E-state index in [1.54, 1.807) is 25.2 Å². The van der Waals surface area contributed by atoms with Crippen molar-refractivity contribution in [2.24, 2.45) is 5.41 Å². The van der Waals surface area contributed by atoms with Crippen LogP contribution in [0.1, 0.15) is 38.0 Å². The Balaban J connectivity index is 2.21. The highest BCUT2D eigenvalue weighted by Gasteiger charge is 2.25. The van der Waals surface area contributed by atoms with Gasteiger partial charge in [-0.15, -0.1) is 11.3 Å². The summed E-state index contributed by atoms with van der Waals surface area (Å²) in [5, 5.41) is 11.1. The summed E-state index contributed by atoms with van der Waals surface area (Å²) < 4.78 is 1.14. The van der Waals surface area contributed by atoms with E-state index in [9.17, 15) is 4.79 Å². The fraction of sp³-hybridized carbons (Fsp3) is 0.643. The number of carbonyl (C=O) groups is 1. The van der Waals surface area contributed by atoms with Crippen molar-refractivity contribution >= 4 is 33.2 Å². The highest BCUT2D eigenvalue weighted by atomic mass is 79.9. The standard InChI is InChI=1S/C14H22BrNO2S/c1-14(2,13(17)18)6-4-5-7-16(3)9-12-8-11(15)10-19-12/h8,10H,4-7,9H2,1-3H3,(H,17,18). The quantitative estimate of drug-likeness (QED) is 0.715. The van der Waals surface area contributed by atoms with Gasteiger partial charge in [-0.2, -0.15) is 0 Å². The number of carboxylic acid groups (broad SMARTS) is 1. The second-order valence-electron chi connectivity index (χ2n) is 5.62. The monoisotopic (exact) mass is 347 g/mol. The molecule has 108 valence electrons. The summed E-state index contributed by atoms with van der Waals surface area (Å²) in [5.41, 5.74) is -0.600. The number of halogens is 1. The summed E-state index contributed by atoms with van der Waals surface area (Å²) in [5.74, 6) is -0.704. The first-order valence-electron chi connectivity index (χ1n) is 6.46. The van der Waals surface area contributed by atoms with Crippen LogP contribution in [0.3, 0.4) is 0 Å². The lowest BCUT2D eigenvalue weighted by Crippen LogP contribution is -2.24. The van der Waals surface area contributed by atoms with Crippen LogP contribution in [0.4, 0.5) is 0 Å². The van der Waals surface area contributed by atoms with Crippen LogP contribution in [0.2, 0.25) is 0 Å². The fourth-order valence-electron chi connectivity index (χ4n) is 1.84. The van der Waals surface area contributed by atoms with Crippen molar-refractivity contribution in [1.82, 2.24) is 4.90 Å². The first-order valence-corrected chi connectivity index (χ1v) is 8.13. The van der Waals surface area contributed by atoms with E-state index in [0.29, 0.717) is 0 Å². The Hall–Kier alpha value is -0.390. The molecule has 0 aliphatic rings. The number of hydrogen-bond donors (Lipinski definition) is 1. The van der Waals surface area contributed by atoms with E-state index >= 15 is 0 Å². The zero-order chi connectivity index (χ0) is 14.5. The minimum atomic E-state index is -0.704. The van der Waals surface area contributed by atoms with Gasteiger partial charge in [0.15, 0.2) is 0 Å². The van der Waals surface area contributed by atoms with Gasteiger partial charge in [0, 0.05) is 21.3 Å². The highest BCUT2D eigenvalue weighted by molar-refractivity contribution is 9.10. The molecule has 0 aromatic carbocycles. The van der Waals surface area contributed by atoms with E-state index in [1.165, 1.54) is 4.88 Å². The first kappa shape index (κ1) is 16.7. The van der Waals surface area contributed by atoms with Gasteiger partial charge in [-0.05, 0) is 62.3 Å². The number of aliphatic carboxylic acids is 1. The molecule has 0 radical (unpaired) electrons. The number of nitrogens with zero attached hydrogens (tertiary/aromatic N) is 1. The van der Waals surface area contributed by atoms with Gasteiger partial charge in [-0.25, -0.2) is 0 Å². The molecule has 1 rings (SSSR count). The minimum absolute atomic E-state index is 0.600. The maximum absolute atomic E-state index is 11.0. The zero-order valence-electron chi connectivity index (χ0n) is 11.8. The zero-order valence-corrected chi connectivity index (χ0v) is 14.2. The van der Waals surface area contributed by atoms with E-state index in [4.69, 9.17) is 5.11 Å². The van der Waals surface area contributed by atoms with Gasteiger partial charge in [0.25, 0.3) is 0 Å². The van der Waals surface area contributed by atoms with Crippen LogP contribution in [0.15, 0.2) is 15.9 Å². The third-order valence-electron chi connectivity index (χ3n) is 3.22. The first-order chi connectivity index (χ1) is 8.81. The highest BCUT2D eigenvalue weighted by Crippen LogP contribution is 2.24. The summed E-state index contributed by atoms with van der Waals surface area (Å²) in [6.07, 6.45) is 2.73. The van der Waals surface area contributed by atoms with Gasteiger partial charge >= 0.3 is 5.97 Å². The maximum atomic E-state index is 11.0.